The molecule has 1 aromatic carbocycles. The number of hydrogen-bond donors (Lipinski definition) is 0. The predicted molar refractivity (Wildman–Crippen MR) is 76.4 cm³/mol. The van der Waals surface area contributed by atoms with Crippen molar-refractivity contribution in [3.8, 4) is 11.4 Å². The quantitative estimate of drug-likeness (QED) is 0.817. The molecule has 4 nitrogen and oxygen atoms in total. The molecule has 5 heteroatoms. The summed E-state index contributed by atoms with van der Waals surface area (Å²) >= 11 is 3.26. The highest BCUT2D eigenvalue weighted by atomic mass is 79.9. The van der Waals surface area contributed by atoms with Gasteiger partial charge in [-0.1, -0.05) is 0 Å². The van der Waals surface area contributed by atoms with E-state index in [1.807, 2.05) is 0 Å². The second kappa shape index (κ2) is 5.40. The van der Waals surface area contributed by atoms with Crippen LogP contribution in [-0.2, 0) is 0 Å². The molecule has 0 saturated carbocycles. The summed E-state index contributed by atoms with van der Waals surface area (Å²) in [4.78, 5) is 23.2. The third kappa shape index (κ3) is 2.46. The van der Waals surface area contributed by atoms with E-state index in [2.05, 4.69) is 15.9 Å². The van der Waals surface area contributed by atoms with Gasteiger partial charge in [0.2, 0.25) is 0 Å². The Morgan fingerprint density at radius 3 is 2.42 bits per heavy atom. The lowest BCUT2D eigenvalue weighted by Crippen LogP contribution is -2.21. The highest BCUT2D eigenvalue weighted by Gasteiger charge is 2.11. The van der Waals surface area contributed by atoms with Crippen LogP contribution in [0.25, 0.3) is 5.69 Å². The first-order chi connectivity index (χ1) is 9.08. The van der Waals surface area contributed by atoms with Crippen LogP contribution in [0.5, 0.6) is 5.75 Å². The zero-order valence-corrected chi connectivity index (χ0v) is 12.1. The van der Waals surface area contributed by atoms with E-state index in [0.29, 0.717) is 27.0 Å². The number of methoxy groups -OCH3 is 1. The molecule has 19 heavy (non-hydrogen) atoms. The van der Waals surface area contributed by atoms with Crippen molar-refractivity contribution in [2.24, 2.45) is 0 Å². The number of halogens is 1. The summed E-state index contributed by atoms with van der Waals surface area (Å²) in [5, 5.41) is 0. The summed E-state index contributed by atoms with van der Waals surface area (Å²) in [6.45, 7) is 1.68. The first-order valence-electron chi connectivity index (χ1n) is 5.60. The molecule has 0 saturated heterocycles. The van der Waals surface area contributed by atoms with Crippen molar-refractivity contribution < 1.29 is 9.53 Å². The van der Waals surface area contributed by atoms with E-state index < -0.39 is 0 Å². The fraction of sp³-hybridized carbons (Fsp3) is 0.143. The van der Waals surface area contributed by atoms with Crippen molar-refractivity contribution >= 4 is 22.2 Å². The van der Waals surface area contributed by atoms with Crippen LogP contribution in [0.1, 0.15) is 15.9 Å². The number of ether oxygens (including phenoxy) is 1. The molecule has 0 atom stereocenters. The second-order valence-electron chi connectivity index (χ2n) is 4.01. The number of aldehydes is 1. The zero-order valence-electron chi connectivity index (χ0n) is 10.5. The third-order valence-corrected chi connectivity index (χ3v) is 3.92. The Morgan fingerprint density at radius 1 is 1.26 bits per heavy atom. The minimum absolute atomic E-state index is 0.164. The predicted octanol–water partition coefficient (Wildman–Crippen LogP) is 2.73. The van der Waals surface area contributed by atoms with Crippen LogP contribution in [-0.4, -0.2) is 18.0 Å². The van der Waals surface area contributed by atoms with E-state index in [4.69, 9.17) is 4.74 Å². The maximum absolute atomic E-state index is 12.2. The summed E-state index contributed by atoms with van der Waals surface area (Å²) in [5.41, 5.74) is 1.46. The monoisotopic (exact) mass is 321 g/mol. The number of carbonyl (C=O) groups excluding carboxylic acids is 1. The fourth-order valence-electron chi connectivity index (χ4n) is 1.76. The normalized spacial score (nSPS) is 10.3. The number of nitrogens with zero attached hydrogens (tertiary/aromatic N) is 1. The minimum atomic E-state index is -0.164. The molecule has 0 spiro atoms. The smallest absolute Gasteiger partial charge is 0.259 e. The van der Waals surface area contributed by atoms with Gasteiger partial charge < -0.3 is 4.74 Å². The third-order valence-electron chi connectivity index (χ3n) is 2.87. The molecule has 1 aromatic heterocycles. The molecule has 2 rings (SSSR count). The Hall–Kier alpha value is -1.88. The molecule has 0 aliphatic heterocycles. The van der Waals surface area contributed by atoms with Crippen molar-refractivity contribution in [1.82, 2.24) is 4.57 Å². The van der Waals surface area contributed by atoms with Crippen LogP contribution >= 0.6 is 15.9 Å². The van der Waals surface area contributed by atoms with Gasteiger partial charge in [0.1, 0.15) is 5.75 Å². The van der Waals surface area contributed by atoms with Gasteiger partial charge in [0.25, 0.3) is 5.56 Å². The Morgan fingerprint density at radius 2 is 1.89 bits per heavy atom. The maximum Gasteiger partial charge on any atom is 0.259 e. The van der Waals surface area contributed by atoms with E-state index >= 15 is 0 Å². The largest absolute Gasteiger partial charge is 0.497 e. The van der Waals surface area contributed by atoms with Crippen molar-refractivity contribution in [3.63, 3.8) is 0 Å². The number of benzene rings is 1. The van der Waals surface area contributed by atoms with Gasteiger partial charge in [0, 0.05) is 27.5 Å². The molecule has 0 N–H and O–H groups in total. The van der Waals surface area contributed by atoms with Gasteiger partial charge in [-0.3, -0.25) is 14.2 Å². The van der Waals surface area contributed by atoms with Crippen LogP contribution in [0.2, 0.25) is 0 Å². The van der Waals surface area contributed by atoms with Crippen molar-refractivity contribution in [2.75, 3.05) is 7.11 Å². The molecule has 0 aliphatic rings. The lowest BCUT2D eigenvalue weighted by atomic mass is 10.2. The molecule has 98 valence electrons. The molecular weight excluding hydrogens is 310 g/mol. The summed E-state index contributed by atoms with van der Waals surface area (Å²) < 4.78 is 7.06. The first-order valence-corrected chi connectivity index (χ1v) is 6.39. The number of pyridine rings is 1. The fourth-order valence-corrected chi connectivity index (χ4v) is 2.13. The van der Waals surface area contributed by atoms with Crippen molar-refractivity contribution in [1.29, 1.82) is 0 Å². The topological polar surface area (TPSA) is 48.3 Å². The molecular formula is C14H12BrNO3. The van der Waals surface area contributed by atoms with Gasteiger partial charge in [-0.2, -0.15) is 0 Å². The Kier molecular flexibility index (Phi) is 3.85. The standard InChI is InChI=1S/C14H12BrNO3/c1-9-13(15)10(8-17)7-16(14(9)18)11-3-5-12(19-2)6-4-11/h3-8H,1-2H3. The van der Waals surface area contributed by atoms with Gasteiger partial charge in [-0.15, -0.1) is 0 Å². The van der Waals surface area contributed by atoms with Gasteiger partial charge >= 0.3 is 0 Å². The van der Waals surface area contributed by atoms with Crippen molar-refractivity contribution in [3.05, 3.63) is 56.4 Å². The van der Waals surface area contributed by atoms with E-state index in [0.717, 1.165) is 6.29 Å². The van der Waals surface area contributed by atoms with Gasteiger partial charge in [0.15, 0.2) is 6.29 Å². The van der Waals surface area contributed by atoms with E-state index in [1.54, 1.807) is 38.3 Å². The van der Waals surface area contributed by atoms with Crippen molar-refractivity contribution in [2.45, 2.75) is 6.92 Å². The molecule has 0 bridgehead atoms. The summed E-state index contributed by atoms with van der Waals surface area (Å²) in [6.07, 6.45) is 2.24. The lowest BCUT2D eigenvalue weighted by Gasteiger charge is -2.10. The molecule has 2 aromatic rings. The Bertz CT molecular complexity index is 674. The molecule has 1 heterocycles. The Balaban J connectivity index is 2.64. The van der Waals surface area contributed by atoms with Gasteiger partial charge in [0.05, 0.1) is 7.11 Å². The van der Waals surface area contributed by atoms with Crippen LogP contribution < -0.4 is 10.3 Å². The minimum Gasteiger partial charge on any atom is -0.497 e. The highest BCUT2D eigenvalue weighted by molar-refractivity contribution is 9.10. The van der Waals surface area contributed by atoms with Gasteiger partial charge in [-0.25, -0.2) is 0 Å². The number of rotatable bonds is 3. The molecule has 0 fully saturated rings. The van der Waals surface area contributed by atoms with Crippen LogP contribution in [0, 0.1) is 6.92 Å². The lowest BCUT2D eigenvalue weighted by molar-refractivity contribution is 0.112. The number of carbonyl (C=O) groups is 1. The first kappa shape index (κ1) is 13.5. The Labute approximate surface area is 118 Å². The van der Waals surface area contributed by atoms with E-state index in [9.17, 15) is 9.59 Å². The molecule has 0 unspecified atom stereocenters. The zero-order chi connectivity index (χ0) is 14.0. The number of hydrogen-bond acceptors (Lipinski definition) is 3. The van der Waals surface area contributed by atoms with E-state index in [1.165, 1.54) is 10.8 Å². The summed E-state index contributed by atoms with van der Waals surface area (Å²) in [7, 11) is 1.58. The summed E-state index contributed by atoms with van der Waals surface area (Å²) in [6, 6.07) is 7.06. The van der Waals surface area contributed by atoms with Gasteiger partial charge in [-0.05, 0) is 47.1 Å². The number of aromatic nitrogens is 1. The molecule has 0 aliphatic carbocycles. The highest BCUT2D eigenvalue weighted by Crippen LogP contribution is 2.19. The van der Waals surface area contributed by atoms with Crippen LogP contribution in [0.3, 0.4) is 0 Å². The second-order valence-corrected chi connectivity index (χ2v) is 4.81. The average Bonchev–Trinajstić information content (AvgIpc) is 2.45. The molecule has 0 amide bonds. The average molecular weight is 322 g/mol. The SMILES string of the molecule is COc1ccc(-n2cc(C=O)c(Br)c(C)c2=O)cc1. The summed E-state index contributed by atoms with van der Waals surface area (Å²) in [5.74, 6) is 0.709. The van der Waals surface area contributed by atoms with Crippen LogP contribution in [0.4, 0.5) is 0 Å². The maximum atomic E-state index is 12.2. The molecule has 0 radical (unpaired) electrons. The van der Waals surface area contributed by atoms with Crippen LogP contribution in [0.15, 0.2) is 39.7 Å². The van der Waals surface area contributed by atoms with E-state index in [-0.39, 0.29) is 5.56 Å².